The van der Waals surface area contributed by atoms with Crippen molar-refractivity contribution in [3.63, 3.8) is 0 Å². The molecular weight excluding hydrogens is 164 g/mol. The molecule has 3 nitrogen and oxygen atoms in total. The van der Waals surface area contributed by atoms with Crippen molar-refractivity contribution in [1.82, 2.24) is 0 Å². The lowest BCUT2D eigenvalue weighted by atomic mass is 10.0. The minimum atomic E-state index is -0.162. The number of anilines is 1. The Labute approximate surface area is 78.4 Å². The molecule has 13 heavy (non-hydrogen) atoms. The van der Waals surface area contributed by atoms with Crippen molar-refractivity contribution < 1.29 is 5.11 Å². The predicted molar refractivity (Wildman–Crippen MR) is 54.2 cm³/mol. The molecule has 0 aliphatic carbocycles. The van der Waals surface area contributed by atoms with Crippen LogP contribution >= 0.6 is 0 Å². The van der Waals surface area contributed by atoms with E-state index in [0.29, 0.717) is 6.42 Å². The van der Waals surface area contributed by atoms with Gasteiger partial charge in [0.25, 0.3) is 0 Å². The molecule has 3 heteroatoms. The van der Waals surface area contributed by atoms with Gasteiger partial charge < -0.3 is 16.6 Å². The quantitative estimate of drug-likeness (QED) is 0.607. The van der Waals surface area contributed by atoms with Crippen LogP contribution in [0, 0.1) is 6.92 Å². The van der Waals surface area contributed by atoms with Gasteiger partial charge in [-0.15, -0.1) is 0 Å². The fourth-order valence-corrected chi connectivity index (χ4v) is 1.32. The number of hydrogen-bond donors (Lipinski definition) is 3. The fraction of sp³-hybridized carbons (Fsp3) is 0.400. The minimum Gasteiger partial charge on any atom is -0.398 e. The van der Waals surface area contributed by atoms with E-state index in [9.17, 15) is 0 Å². The van der Waals surface area contributed by atoms with Crippen LogP contribution in [0.1, 0.15) is 23.6 Å². The van der Waals surface area contributed by atoms with Crippen molar-refractivity contribution in [3.05, 3.63) is 29.3 Å². The second kappa shape index (κ2) is 4.25. The molecule has 72 valence electrons. The number of hydrogen-bond acceptors (Lipinski definition) is 3. The van der Waals surface area contributed by atoms with Crippen molar-refractivity contribution >= 4 is 5.69 Å². The first-order chi connectivity index (χ1) is 6.16. The fourth-order valence-electron chi connectivity index (χ4n) is 1.32. The van der Waals surface area contributed by atoms with Crippen LogP contribution in [0.2, 0.25) is 0 Å². The smallest absolute Gasteiger partial charge is 0.0449 e. The van der Waals surface area contributed by atoms with Gasteiger partial charge in [-0.25, -0.2) is 0 Å². The van der Waals surface area contributed by atoms with E-state index in [4.69, 9.17) is 16.6 Å². The highest BCUT2D eigenvalue weighted by atomic mass is 16.3. The summed E-state index contributed by atoms with van der Waals surface area (Å²) in [6.07, 6.45) is 0.549. The monoisotopic (exact) mass is 180 g/mol. The first kappa shape index (κ1) is 10.0. The van der Waals surface area contributed by atoms with Gasteiger partial charge in [0.05, 0.1) is 0 Å². The number of aliphatic hydroxyl groups excluding tert-OH is 1. The van der Waals surface area contributed by atoms with E-state index in [0.717, 1.165) is 16.8 Å². The molecule has 0 bridgehead atoms. The average molecular weight is 180 g/mol. The van der Waals surface area contributed by atoms with Gasteiger partial charge in [0.1, 0.15) is 0 Å². The van der Waals surface area contributed by atoms with Crippen LogP contribution in [0.5, 0.6) is 0 Å². The molecule has 0 aromatic heterocycles. The number of para-hydroxylation sites is 1. The molecule has 0 saturated carbocycles. The van der Waals surface area contributed by atoms with Crippen molar-refractivity contribution in [2.75, 3.05) is 12.3 Å². The van der Waals surface area contributed by atoms with E-state index in [1.54, 1.807) is 0 Å². The topological polar surface area (TPSA) is 72.3 Å². The first-order valence-corrected chi connectivity index (χ1v) is 4.38. The van der Waals surface area contributed by atoms with Crippen LogP contribution in [0.3, 0.4) is 0 Å². The molecule has 1 rings (SSSR count). The zero-order valence-electron chi connectivity index (χ0n) is 7.83. The van der Waals surface area contributed by atoms with Crippen LogP contribution in [0.15, 0.2) is 18.2 Å². The van der Waals surface area contributed by atoms with Gasteiger partial charge in [-0.3, -0.25) is 0 Å². The first-order valence-electron chi connectivity index (χ1n) is 4.38. The molecule has 0 radical (unpaired) electrons. The van der Waals surface area contributed by atoms with E-state index in [1.807, 2.05) is 25.1 Å². The summed E-state index contributed by atoms with van der Waals surface area (Å²) in [6.45, 7) is 2.04. The Morgan fingerprint density at radius 2 is 2.15 bits per heavy atom. The molecule has 0 fully saturated rings. The SMILES string of the molecule is Cc1cccc([C@H](N)CCO)c1N. The van der Waals surface area contributed by atoms with Crippen LogP contribution in [-0.2, 0) is 0 Å². The molecular formula is C10H16N2O. The maximum atomic E-state index is 8.74. The van der Waals surface area contributed by atoms with Gasteiger partial charge in [0, 0.05) is 18.3 Å². The zero-order valence-corrected chi connectivity index (χ0v) is 7.83. The summed E-state index contributed by atoms with van der Waals surface area (Å²) in [5, 5.41) is 8.74. The lowest BCUT2D eigenvalue weighted by Crippen LogP contribution is -2.14. The van der Waals surface area contributed by atoms with E-state index >= 15 is 0 Å². The summed E-state index contributed by atoms with van der Waals surface area (Å²) in [7, 11) is 0. The highest BCUT2D eigenvalue weighted by molar-refractivity contribution is 5.54. The third-order valence-corrected chi connectivity index (χ3v) is 2.20. The van der Waals surface area contributed by atoms with Gasteiger partial charge in [-0.05, 0) is 24.5 Å². The van der Waals surface area contributed by atoms with Crippen molar-refractivity contribution in [1.29, 1.82) is 0 Å². The lowest BCUT2D eigenvalue weighted by Gasteiger charge is -2.14. The maximum Gasteiger partial charge on any atom is 0.0449 e. The number of nitrogen functional groups attached to an aromatic ring is 1. The number of rotatable bonds is 3. The largest absolute Gasteiger partial charge is 0.398 e. The van der Waals surface area contributed by atoms with Gasteiger partial charge >= 0.3 is 0 Å². The normalized spacial score (nSPS) is 12.8. The van der Waals surface area contributed by atoms with E-state index in [-0.39, 0.29) is 12.6 Å². The van der Waals surface area contributed by atoms with E-state index in [2.05, 4.69) is 0 Å². The summed E-state index contributed by atoms with van der Waals surface area (Å²) in [5.41, 5.74) is 14.4. The Morgan fingerprint density at radius 3 is 2.77 bits per heavy atom. The highest BCUT2D eigenvalue weighted by Crippen LogP contribution is 2.23. The lowest BCUT2D eigenvalue weighted by molar-refractivity contribution is 0.276. The Bertz CT molecular complexity index is 286. The molecule has 0 aliphatic rings. The van der Waals surface area contributed by atoms with Gasteiger partial charge in [0.15, 0.2) is 0 Å². The van der Waals surface area contributed by atoms with Crippen molar-refractivity contribution in [2.45, 2.75) is 19.4 Å². The molecule has 0 saturated heterocycles. The van der Waals surface area contributed by atoms with E-state index < -0.39 is 0 Å². The van der Waals surface area contributed by atoms with Crippen molar-refractivity contribution in [2.24, 2.45) is 5.73 Å². The number of aliphatic hydroxyl groups is 1. The number of nitrogens with two attached hydrogens (primary N) is 2. The van der Waals surface area contributed by atoms with Gasteiger partial charge in [-0.2, -0.15) is 0 Å². The average Bonchev–Trinajstić information content (AvgIpc) is 2.10. The Kier molecular flexibility index (Phi) is 3.28. The summed E-state index contributed by atoms with van der Waals surface area (Å²) >= 11 is 0. The standard InChI is InChI=1S/C10H16N2O/c1-7-3-2-4-8(10(7)12)9(11)5-6-13/h2-4,9,13H,5-6,11-12H2,1H3/t9-/m1/s1. The maximum absolute atomic E-state index is 8.74. The molecule has 0 unspecified atom stereocenters. The Morgan fingerprint density at radius 1 is 1.46 bits per heavy atom. The molecule has 0 spiro atoms. The third kappa shape index (κ3) is 2.20. The summed E-state index contributed by atoms with van der Waals surface area (Å²) in [5.74, 6) is 0. The summed E-state index contributed by atoms with van der Waals surface area (Å²) in [6, 6.07) is 5.62. The van der Waals surface area contributed by atoms with Gasteiger partial charge in [-0.1, -0.05) is 18.2 Å². The van der Waals surface area contributed by atoms with Crippen LogP contribution in [0.4, 0.5) is 5.69 Å². The molecule has 5 N–H and O–H groups in total. The highest BCUT2D eigenvalue weighted by Gasteiger charge is 2.09. The molecule has 1 aromatic rings. The Hall–Kier alpha value is -1.06. The van der Waals surface area contributed by atoms with Crippen LogP contribution in [-0.4, -0.2) is 11.7 Å². The zero-order chi connectivity index (χ0) is 9.84. The molecule has 1 aromatic carbocycles. The van der Waals surface area contributed by atoms with E-state index in [1.165, 1.54) is 0 Å². The molecule has 1 atom stereocenters. The van der Waals surface area contributed by atoms with Crippen molar-refractivity contribution in [3.8, 4) is 0 Å². The second-order valence-electron chi connectivity index (χ2n) is 3.20. The third-order valence-electron chi connectivity index (χ3n) is 2.20. The minimum absolute atomic E-state index is 0.0918. The molecule has 0 amide bonds. The van der Waals surface area contributed by atoms with Gasteiger partial charge in [0.2, 0.25) is 0 Å². The number of benzene rings is 1. The number of aryl methyl sites for hydroxylation is 1. The Balaban J connectivity index is 2.93. The predicted octanol–water partition coefficient (Wildman–Crippen LogP) is 0.959. The summed E-state index contributed by atoms with van der Waals surface area (Å²) < 4.78 is 0. The van der Waals surface area contributed by atoms with Crippen LogP contribution < -0.4 is 11.5 Å². The summed E-state index contributed by atoms with van der Waals surface area (Å²) in [4.78, 5) is 0. The molecule has 0 heterocycles. The van der Waals surface area contributed by atoms with Crippen LogP contribution in [0.25, 0.3) is 0 Å². The second-order valence-corrected chi connectivity index (χ2v) is 3.20. The molecule has 0 aliphatic heterocycles.